The van der Waals surface area contributed by atoms with Crippen LogP contribution in [0.1, 0.15) is 22.3 Å². The number of rotatable bonds is 7. The van der Waals surface area contributed by atoms with Crippen molar-refractivity contribution >= 4 is 81.1 Å². The second-order valence-corrected chi connectivity index (χ2v) is 19.1. The van der Waals surface area contributed by atoms with Crippen LogP contribution in [0.25, 0.3) is 80.7 Å². The van der Waals surface area contributed by atoms with Crippen LogP contribution in [0, 0.1) is 0 Å². The molecule has 3 heteroatoms. The number of thiophene rings is 1. The Labute approximate surface area is 398 Å². The lowest BCUT2D eigenvalue weighted by molar-refractivity contribution is 0.768. The summed E-state index contributed by atoms with van der Waals surface area (Å²) in [4.78, 5) is 2.50. The first-order chi connectivity index (χ1) is 33.7. The minimum atomic E-state index is -0.511. The van der Waals surface area contributed by atoms with Gasteiger partial charge in [0.05, 0.1) is 22.1 Å². The lowest BCUT2D eigenvalue weighted by Gasteiger charge is -2.34. The number of hydrogen-bond donors (Lipinski definition) is 0. The SMILES string of the molecule is c1ccc(-n2c3cc(-c4ccc(N(c5ccc6c(c5)sc5ccccc56)c5cccc6c5-c5ccccc5C6(c5ccccc5)c5ccccc5)cc4)ccc3c3ccc4ccccc4c32)cc1. The third-order valence-corrected chi connectivity index (χ3v) is 15.6. The topological polar surface area (TPSA) is 8.17 Å². The van der Waals surface area contributed by atoms with Crippen molar-refractivity contribution in [3.05, 3.63) is 277 Å². The Bertz CT molecular complexity index is 4030. The van der Waals surface area contributed by atoms with E-state index in [0.29, 0.717) is 0 Å². The molecule has 14 rings (SSSR count). The second kappa shape index (κ2) is 15.3. The maximum Gasteiger partial charge on any atom is 0.0714 e. The molecular weight excluding hydrogens is 841 g/mol. The van der Waals surface area contributed by atoms with Gasteiger partial charge in [0.25, 0.3) is 0 Å². The highest BCUT2D eigenvalue weighted by molar-refractivity contribution is 7.25. The maximum atomic E-state index is 2.50. The van der Waals surface area contributed by atoms with E-state index in [1.807, 2.05) is 11.3 Å². The van der Waals surface area contributed by atoms with Crippen LogP contribution >= 0.6 is 11.3 Å². The maximum absolute atomic E-state index is 2.50. The summed E-state index contributed by atoms with van der Waals surface area (Å²) in [5, 5.41) is 7.59. The number of anilines is 3. The number of hydrogen-bond acceptors (Lipinski definition) is 2. The first kappa shape index (κ1) is 38.7. The predicted molar refractivity (Wildman–Crippen MR) is 289 cm³/mol. The Balaban J connectivity index is 0.977. The average molecular weight is 883 g/mol. The Hall–Kier alpha value is -8.50. The summed E-state index contributed by atoms with van der Waals surface area (Å²) < 4.78 is 5.03. The predicted octanol–water partition coefficient (Wildman–Crippen LogP) is 17.8. The fourth-order valence-corrected chi connectivity index (χ4v) is 12.7. The second-order valence-electron chi connectivity index (χ2n) is 18.0. The first-order valence-electron chi connectivity index (χ1n) is 23.4. The van der Waals surface area contributed by atoms with Crippen molar-refractivity contribution in [1.82, 2.24) is 4.57 Å². The third-order valence-electron chi connectivity index (χ3n) is 14.4. The van der Waals surface area contributed by atoms with Crippen LogP contribution in [-0.2, 0) is 5.41 Å². The molecule has 13 aromatic rings. The molecule has 2 heterocycles. The number of fused-ring (bicyclic) bond motifs is 11. The van der Waals surface area contributed by atoms with E-state index >= 15 is 0 Å². The van der Waals surface area contributed by atoms with Gasteiger partial charge in [-0.25, -0.2) is 0 Å². The first-order valence-corrected chi connectivity index (χ1v) is 24.2. The van der Waals surface area contributed by atoms with Crippen LogP contribution < -0.4 is 4.90 Å². The fraction of sp³-hybridized carbons (Fsp3) is 0.0154. The van der Waals surface area contributed by atoms with Crippen molar-refractivity contribution in [3.63, 3.8) is 0 Å². The molecule has 0 atom stereocenters. The zero-order valence-corrected chi connectivity index (χ0v) is 37.9. The molecular formula is C65H42N2S. The fourth-order valence-electron chi connectivity index (χ4n) is 11.5. The highest BCUT2D eigenvalue weighted by atomic mass is 32.1. The molecule has 11 aromatic carbocycles. The third kappa shape index (κ3) is 5.70. The molecule has 0 radical (unpaired) electrons. The van der Waals surface area contributed by atoms with Crippen molar-refractivity contribution in [2.75, 3.05) is 4.90 Å². The number of para-hydroxylation sites is 1. The van der Waals surface area contributed by atoms with Gasteiger partial charge in [-0.2, -0.15) is 0 Å². The molecule has 0 amide bonds. The van der Waals surface area contributed by atoms with Crippen LogP contribution in [0.15, 0.2) is 255 Å². The van der Waals surface area contributed by atoms with Gasteiger partial charge < -0.3 is 9.47 Å². The average Bonchev–Trinajstić information content (AvgIpc) is 4.06. The Morgan fingerprint density at radius 2 is 0.985 bits per heavy atom. The van der Waals surface area contributed by atoms with E-state index < -0.39 is 5.41 Å². The van der Waals surface area contributed by atoms with Crippen molar-refractivity contribution < 1.29 is 0 Å². The van der Waals surface area contributed by atoms with Crippen LogP contribution in [0.5, 0.6) is 0 Å². The lowest BCUT2D eigenvalue weighted by atomic mass is 9.68. The lowest BCUT2D eigenvalue weighted by Crippen LogP contribution is -2.28. The summed E-state index contributed by atoms with van der Waals surface area (Å²) in [6.07, 6.45) is 0. The van der Waals surface area contributed by atoms with Crippen LogP contribution in [0.2, 0.25) is 0 Å². The number of nitrogens with zero attached hydrogens (tertiary/aromatic N) is 2. The van der Waals surface area contributed by atoms with E-state index in [9.17, 15) is 0 Å². The summed E-state index contributed by atoms with van der Waals surface area (Å²) in [6, 6.07) is 94.4. The molecule has 2 aromatic heterocycles. The van der Waals surface area contributed by atoms with Gasteiger partial charge in [-0.3, -0.25) is 0 Å². The minimum absolute atomic E-state index is 0.511. The molecule has 0 saturated carbocycles. The Morgan fingerprint density at radius 1 is 0.382 bits per heavy atom. The Kier molecular flexibility index (Phi) is 8.71. The van der Waals surface area contributed by atoms with E-state index in [0.717, 1.165) is 22.7 Å². The largest absolute Gasteiger partial charge is 0.310 e. The summed E-state index contributed by atoms with van der Waals surface area (Å²) in [7, 11) is 0. The number of benzene rings is 11. The quantitative estimate of drug-likeness (QED) is 0.155. The van der Waals surface area contributed by atoms with E-state index in [-0.39, 0.29) is 0 Å². The molecule has 68 heavy (non-hydrogen) atoms. The molecule has 0 bridgehead atoms. The molecule has 1 aliphatic carbocycles. The van der Waals surface area contributed by atoms with Crippen molar-refractivity contribution in [2.45, 2.75) is 5.41 Å². The molecule has 0 saturated heterocycles. The molecule has 0 fully saturated rings. The zero-order chi connectivity index (χ0) is 44.8. The Morgan fingerprint density at radius 3 is 1.78 bits per heavy atom. The van der Waals surface area contributed by atoms with Gasteiger partial charge in [-0.1, -0.05) is 200 Å². The zero-order valence-electron chi connectivity index (χ0n) is 37.1. The van der Waals surface area contributed by atoms with E-state index in [2.05, 4.69) is 264 Å². The van der Waals surface area contributed by atoms with E-state index in [1.54, 1.807) is 0 Å². The van der Waals surface area contributed by atoms with Gasteiger partial charge in [0.1, 0.15) is 0 Å². The molecule has 0 spiro atoms. The van der Waals surface area contributed by atoms with Gasteiger partial charge >= 0.3 is 0 Å². The van der Waals surface area contributed by atoms with E-state index in [4.69, 9.17) is 0 Å². The molecule has 0 unspecified atom stereocenters. The summed E-state index contributed by atoms with van der Waals surface area (Å²) >= 11 is 1.87. The van der Waals surface area contributed by atoms with Gasteiger partial charge in [-0.05, 0) is 98.9 Å². The standard InChI is InChI=1S/C65H42N2S/c1-4-18-46(19-5-1)65(47-20-6-2-7-21-47)57-27-14-12-26-56(57)63-58(65)28-16-29-59(63)66(50-37-40-54-53-25-13-15-30-61(53)68-62(54)42-50)49-35-31-43(32-36-49)45-34-38-52-55-39-33-44-17-10-11-24-51(44)64(55)67(60(52)41-45)48-22-8-3-9-23-48/h1-42H. The van der Waals surface area contributed by atoms with E-state index in [1.165, 1.54) is 97.3 Å². The van der Waals surface area contributed by atoms with Crippen LogP contribution in [-0.4, -0.2) is 4.57 Å². The normalized spacial score (nSPS) is 12.8. The smallest absolute Gasteiger partial charge is 0.0714 e. The summed E-state index contributed by atoms with van der Waals surface area (Å²) in [5.74, 6) is 0. The molecule has 1 aliphatic rings. The van der Waals surface area contributed by atoms with Gasteiger partial charge in [-0.15, -0.1) is 11.3 Å². The molecule has 0 aliphatic heterocycles. The van der Waals surface area contributed by atoms with Crippen molar-refractivity contribution in [2.24, 2.45) is 0 Å². The van der Waals surface area contributed by atoms with Gasteiger partial charge in [0.15, 0.2) is 0 Å². The van der Waals surface area contributed by atoms with Crippen LogP contribution in [0.4, 0.5) is 17.1 Å². The molecule has 0 N–H and O–H groups in total. The van der Waals surface area contributed by atoms with Crippen molar-refractivity contribution in [3.8, 4) is 27.9 Å². The summed E-state index contributed by atoms with van der Waals surface area (Å²) in [6.45, 7) is 0. The molecule has 318 valence electrons. The van der Waals surface area contributed by atoms with Crippen molar-refractivity contribution in [1.29, 1.82) is 0 Å². The van der Waals surface area contributed by atoms with Gasteiger partial charge in [0.2, 0.25) is 0 Å². The van der Waals surface area contributed by atoms with Gasteiger partial charge in [0, 0.05) is 59.0 Å². The minimum Gasteiger partial charge on any atom is -0.310 e. The highest BCUT2D eigenvalue weighted by Crippen LogP contribution is 2.59. The summed E-state index contributed by atoms with van der Waals surface area (Å²) in [5.41, 5.74) is 16.4. The number of aromatic nitrogens is 1. The monoisotopic (exact) mass is 882 g/mol. The highest BCUT2D eigenvalue weighted by Gasteiger charge is 2.47. The molecule has 2 nitrogen and oxygen atoms in total. The van der Waals surface area contributed by atoms with Crippen LogP contribution in [0.3, 0.4) is 0 Å².